The van der Waals surface area contributed by atoms with Crippen LogP contribution in [0.1, 0.15) is 16.8 Å². The molecule has 1 fully saturated rings. The summed E-state index contributed by atoms with van der Waals surface area (Å²) < 4.78 is 1.15. The zero-order chi connectivity index (χ0) is 13.7. The Hall–Kier alpha value is -0.330. The first-order chi connectivity index (χ1) is 9.20. The number of hydrogen-bond donors (Lipinski definition) is 0. The minimum Gasteiger partial charge on any atom is -0.337 e. The number of hydrogen-bond acceptors (Lipinski definition) is 2. The fourth-order valence-corrected chi connectivity index (χ4v) is 2.89. The Bertz CT molecular complexity index is 424. The Kier molecular flexibility index (Phi) is 5.91. The van der Waals surface area contributed by atoms with E-state index >= 15 is 0 Å². The Balaban J connectivity index is 1.98. The highest BCUT2D eigenvalue weighted by Gasteiger charge is 2.19. The lowest BCUT2D eigenvalue weighted by atomic mass is 10.2. The van der Waals surface area contributed by atoms with Gasteiger partial charge in [-0.25, -0.2) is 0 Å². The minimum atomic E-state index is 0.143. The molecular weight excluding hydrogens is 375 g/mol. The molecule has 0 aromatic heterocycles. The molecule has 19 heavy (non-hydrogen) atoms. The van der Waals surface area contributed by atoms with Gasteiger partial charge in [-0.2, -0.15) is 0 Å². The lowest BCUT2D eigenvalue weighted by Gasteiger charge is -2.21. The summed E-state index contributed by atoms with van der Waals surface area (Å²) in [6, 6.07) is 7.77. The molecule has 0 bridgehead atoms. The minimum absolute atomic E-state index is 0.143. The van der Waals surface area contributed by atoms with Crippen LogP contribution in [-0.4, -0.2) is 54.3 Å². The zero-order valence-corrected chi connectivity index (χ0v) is 13.7. The van der Waals surface area contributed by atoms with Crippen LogP contribution in [0.5, 0.6) is 0 Å². The first-order valence-corrected chi connectivity index (χ1v) is 8.15. The predicted molar refractivity (Wildman–Crippen MR) is 86.8 cm³/mol. The van der Waals surface area contributed by atoms with Crippen molar-refractivity contribution in [1.29, 1.82) is 0 Å². The van der Waals surface area contributed by atoms with Gasteiger partial charge >= 0.3 is 0 Å². The quantitative estimate of drug-likeness (QED) is 0.583. The summed E-state index contributed by atoms with van der Waals surface area (Å²) >= 11 is 8.02. The average Bonchev–Trinajstić information content (AvgIpc) is 2.65. The number of benzene rings is 1. The van der Waals surface area contributed by atoms with E-state index in [9.17, 15) is 4.79 Å². The summed E-state index contributed by atoms with van der Waals surface area (Å²) in [6.45, 7) is 4.49. The summed E-state index contributed by atoms with van der Waals surface area (Å²) in [6.07, 6.45) is 1.02. The molecule has 1 saturated heterocycles. The Morgan fingerprint density at radius 2 is 1.89 bits per heavy atom. The van der Waals surface area contributed by atoms with Crippen molar-refractivity contribution in [1.82, 2.24) is 9.80 Å². The number of rotatable bonds is 3. The van der Waals surface area contributed by atoms with Crippen LogP contribution in [0, 0.1) is 3.57 Å². The van der Waals surface area contributed by atoms with Gasteiger partial charge in [0.1, 0.15) is 0 Å². The molecule has 0 unspecified atom stereocenters. The number of halogens is 2. The van der Waals surface area contributed by atoms with Crippen molar-refractivity contribution in [2.75, 3.05) is 38.6 Å². The molecular formula is C14H18ClIN2O. The molecule has 0 saturated carbocycles. The van der Waals surface area contributed by atoms with Gasteiger partial charge in [-0.15, -0.1) is 11.6 Å². The van der Waals surface area contributed by atoms with Crippen LogP contribution in [0.2, 0.25) is 0 Å². The topological polar surface area (TPSA) is 23.6 Å². The summed E-state index contributed by atoms with van der Waals surface area (Å²) in [4.78, 5) is 16.7. The van der Waals surface area contributed by atoms with Crippen LogP contribution in [0.25, 0.3) is 0 Å². The van der Waals surface area contributed by atoms with Gasteiger partial charge in [0, 0.05) is 41.2 Å². The molecule has 0 N–H and O–H groups in total. The van der Waals surface area contributed by atoms with E-state index in [1.165, 1.54) is 0 Å². The molecule has 0 radical (unpaired) electrons. The summed E-state index contributed by atoms with van der Waals surface area (Å²) in [5, 5.41) is 0. The second kappa shape index (κ2) is 7.45. The van der Waals surface area contributed by atoms with E-state index in [0.29, 0.717) is 5.88 Å². The monoisotopic (exact) mass is 392 g/mol. The highest BCUT2D eigenvalue weighted by atomic mass is 127. The molecule has 1 aliphatic heterocycles. The number of carbonyl (C=O) groups is 1. The molecule has 104 valence electrons. The van der Waals surface area contributed by atoms with Gasteiger partial charge in [0.2, 0.25) is 0 Å². The molecule has 5 heteroatoms. The van der Waals surface area contributed by atoms with Gasteiger partial charge in [-0.1, -0.05) is 0 Å². The van der Waals surface area contributed by atoms with Crippen LogP contribution >= 0.6 is 34.2 Å². The molecule has 0 aliphatic carbocycles. The van der Waals surface area contributed by atoms with Gasteiger partial charge in [0.25, 0.3) is 5.91 Å². The van der Waals surface area contributed by atoms with Crippen LogP contribution < -0.4 is 0 Å². The number of carbonyl (C=O) groups excluding carboxylic acids is 1. The lowest BCUT2D eigenvalue weighted by molar-refractivity contribution is 0.0762. The Morgan fingerprint density at radius 1 is 1.16 bits per heavy atom. The Labute approximate surface area is 133 Å². The van der Waals surface area contributed by atoms with E-state index in [4.69, 9.17) is 11.6 Å². The lowest BCUT2D eigenvalue weighted by Crippen LogP contribution is -2.35. The second-order valence-corrected chi connectivity index (χ2v) is 6.31. The van der Waals surface area contributed by atoms with E-state index in [1.807, 2.05) is 29.2 Å². The maximum Gasteiger partial charge on any atom is 0.253 e. The van der Waals surface area contributed by atoms with Gasteiger partial charge in [-0.05, 0) is 59.8 Å². The zero-order valence-electron chi connectivity index (χ0n) is 10.8. The van der Waals surface area contributed by atoms with Crippen molar-refractivity contribution >= 4 is 40.1 Å². The van der Waals surface area contributed by atoms with Crippen molar-refractivity contribution in [3.8, 4) is 0 Å². The van der Waals surface area contributed by atoms with Crippen LogP contribution in [-0.2, 0) is 0 Å². The average molecular weight is 393 g/mol. The van der Waals surface area contributed by atoms with E-state index < -0.39 is 0 Å². The summed E-state index contributed by atoms with van der Waals surface area (Å²) in [5.74, 6) is 0.801. The molecule has 1 aliphatic rings. The standard InChI is InChI=1S/C14H18ClIN2O/c15-6-9-17-7-1-8-18(11-10-17)14(19)12-2-4-13(16)5-3-12/h2-5H,1,6-11H2. The maximum atomic E-state index is 12.4. The van der Waals surface area contributed by atoms with Crippen LogP contribution in [0.4, 0.5) is 0 Å². The first-order valence-electron chi connectivity index (χ1n) is 6.54. The number of amides is 1. The van der Waals surface area contributed by atoms with Gasteiger partial charge in [-0.3, -0.25) is 4.79 Å². The van der Waals surface area contributed by atoms with Crippen LogP contribution in [0.3, 0.4) is 0 Å². The first kappa shape index (κ1) is 15.1. The highest BCUT2D eigenvalue weighted by molar-refractivity contribution is 14.1. The molecule has 3 nitrogen and oxygen atoms in total. The Morgan fingerprint density at radius 3 is 2.58 bits per heavy atom. The van der Waals surface area contributed by atoms with Crippen LogP contribution in [0.15, 0.2) is 24.3 Å². The van der Waals surface area contributed by atoms with E-state index in [2.05, 4.69) is 27.5 Å². The third kappa shape index (κ3) is 4.33. The third-order valence-electron chi connectivity index (χ3n) is 3.37. The maximum absolute atomic E-state index is 12.4. The summed E-state index contributed by atoms with van der Waals surface area (Å²) in [5.41, 5.74) is 0.784. The molecule has 1 amide bonds. The molecule has 2 rings (SSSR count). The molecule has 1 aromatic carbocycles. The SMILES string of the molecule is O=C(c1ccc(I)cc1)N1CCCN(CCCl)CC1. The number of alkyl halides is 1. The third-order valence-corrected chi connectivity index (χ3v) is 4.26. The second-order valence-electron chi connectivity index (χ2n) is 4.68. The molecule has 1 heterocycles. The summed E-state index contributed by atoms with van der Waals surface area (Å²) in [7, 11) is 0. The van der Waals surface area contributed by atoms with E-state index in [-0.39, 0.29) is 5.91 Å². The smallest absolute Gasteiger partial charge is 0.253 e. The highest BCUT2D eigenvalue weighted by Crippen LogP contribution is 2.11. The van der Waals surface area contributed by atoms with Gasteiger partial charge in [0.05, 0.1) is 0 Å². The fourth-order valence-electron chi connectivity index (χ4n) is 2.29. The fraction of sp³-hybridized carbons (Fsp3) is 0.500. The molecule has 0 spiro atoms. The predicted octanol–water partition coefficient (Wildman–Crippen LogP) is 2.68. The molecule has 0 atom stereocenters. The van der Waals surface area contributed by atoms with Crippen molar-refractivity contribution in [3.05, 3.63) is 33.4 Å². The van der Waals surface area contributed by atoms with Gasteiger partial charge in [0.15, 0.2) is 0 Å². The molecule has 1 aromatic rings. The largest absolute Gasteiger partial charge is 0.337 e. The number of nitrogens with zero attached hydrogens (tertiary/aromatic N) is 2. The normalized spacial score (nSPS) is 17.3. The van der Waals surface area contributed by atoms with E-state index in [1.54, 1.807) is 0 Å². The van der Waals surface area contributed by atoms with Crippen molar-refractivity contribution < 1.29 is 4.79 Å². The van der Waals surface area contributed by atoms with Crippen molar-refractivity contribution in [2.45, 2.75) is 6.42 Å². The van der Waals surface area contributed by atoms with Crippen molar-refractivity contribution in [2.24, 2.45) is 0 Å². The van der Waals surface area contributed by atoms with E-state index in [0.717, 1.165) is 48.3 Å². The van der Waals surface area contributed by atoms with Crippen molar-refractivity contribution in [3.63, 3.8) is 0 Å². The van der Waals surface area contributed by atoms with Gasteiger partial charge < -0.3 is 9.80 Å².